The van der Waals surface area contributed by atoms with Gasteiger partial charge in [0.1, 0.15) is 0 Å². The average molecular weight is 348 g/mol. The van der Waals surface area contributed by atoms with Gasteiger partial charge in [-0.2, -0.15) is 0 Å². The summed E-state index contributed by atoms with van der Waals surface area (Å²) in [4.78, 5) is 14.8. The summed E-state index contributed by atoms with van der Waals surface area (Å²) in [5.74, 6) is -0.178. The van der Waals surface area contributed by atoms with E-state index in [0.29, 0.717) is 16.4 Å². The number of piperidine rings is 1. The Hall–Kier alpha value is -1.92. The fourth-order valence-electron chi connectivity index (χ4n) is 3.00. The van der Waals surface area contributed by atoms with Crippen molar-refractivity contribution in [1.82, 2.24) is 25.2 Å². The topological polar surface area (TPSA) is 63.1 Å². The van der Waals surface area contributed by atoms with Gasteiger partial charge in [0, 0.05) is 19.1 Å². The summed E-state index contributed by atoms with van der Waals surface area (Å²) < 4.78 is 1.53. The van der Waals surface area contributed by atoms with Gasteiger partial charge in [0.15, 0.2) is 5.69 Å². The third-order valence-electron chi connectivity index (χ3n) is 4.29. The van der Waals surface area contributed by atoms with Crippen LogP contribution in [0.25, 0.3) is 5.69 Å². The molecule has 0 saturated carbocycles. The molecule has 24 heavy (non-hydrogen) atoms. The maximum Gasteiger partial charge on any atom is 0.273 e. The number of nitrogens with zero attached hydrogens (tertiary/aromatic N) is 4. The van der Waals surface area contributed by atoms with E-state index >= 15 is 0 Å². The molecule has 2 heterocycles. The van der Waals surface area contributed by atoms with Crippen LogP contribution in [0.1, 0.15) is 36.7 Å². The minimum Gasteiger partial charge on any atom is -0.348 e. The van der Waals surface area contributed by atoms with Crippen LogP contribution in [0.4, 0.5) is 0 Å². The molecule has 1 aromatic carbocycles. The van der Waals surface area contributed by atoms with E-state index in [2.05, 4.69) is 27.5 Å². The summed E-state index contributed by atoms with van der Waals surface area (Å²) in [5, 5.41) is 11.6. The van der Waals surface area contributed by atoms with E-state index in [1.807, 2.05) is 18.2 Å². The van der Waals surface area contributed by atoms with Crippen LogP contribution in [-0.2, 0) is 0 Å². The van der Waals surface area contributed by atoms with E-state index in [9.17, 15) is 4.79 Å². The van der Waals surface area contributed by atoms with Crippen molar-refractivity contribution >= 4 is 17.5 Å². The summed E-state index contributed by atoms with van der Waals surface area (Å²) >= 11 is 6.15. The Morgan fingerprint density at radius 2 is 2.08 bits per heavy atom. The first-order chi connectivity index (χ1) is 11.7. The first-order valence-corrected chi connectivity index (χ1v) is 8.75. The van der Waals surface area contributed by atoms with E-state index in [4.69, 9.17) is 11.6 Å². The lowest BCUT2D eigenvalue weighted by atomic mass is 10.0. The molecule has 1 aliphatic heterocycles. The molecule has 6 nitrogen and oxygen atoms in total. The largest absolute Gasteiger partial charge is 0.348 e. The molecule has 0 radical (unpaired) electrons. The Morgan fingerprint density at radius 3 is 2.79 bits per heavy atom. The molecular formula is C17H22ClN5O. The van der Waals surface area contributed by atoms with Gasteiger partial charge in [-0.1, -0.05) is 35.9 Å². The number of carbonyl (C=O) groups excluding carboxylic acids is 1. The zero-order chi connectivity index (χ0) is 16.9. The van der Waals surface area contributed by atoms with Crippen LogP contribution in [0.15, 0.2) is 30.5 Å². The van der Waals surface area contributed by atoms with Crippen molar-refractivity contribution in [2.24, 2.45) is 0 Å². The van der Waals surface area contributed by atoms with E-state index in [1.54, 1.807) is 12.3 Å². The maximum absolute atomic E-state index is 12.4. The SMILES string of the molecule is CCCN1CCC(NC(=O)c2cn(-c3ccccc3Cl)nn2)CC1. The molecule has 1 aromatic heterocycles. The summed E-state index contributed by atoms with van der Waals surface area (Å²) in [5.41, 5.74) is 1.02. The molecule has 0 spiro atoms. The number of amides is 1. The van der Waals surface area contributed by atoms with Crippen molar-refractivity contribution in [1.29, 1.82) is 0 Å². The number of hydrogen-bond acceptors (Lipinski definition) is 4. The third-order valence-corrected chi connectivity index (χ3v) is 4.61. The van der Waals surface area contributed by atoms with Gasteiger partial charge in [-0.15, -0.1) is 5.10 Å². The second kappa shape index (κ2) is 7.77. The summed E-state index contributed by atoms with van der Waals surface area (Å²) in [6, 6.07) is 7.54. The number of rotatable bonds is 5. The molecule has 1 amide bonds. The van der Waals surface area contributed by atoms with Crippen LogP contribution < -0.4 is 5.32 Å². The van der Waals surface area contributed by atoms with Crippen molar-refractivity contribution in [3.05, 3.63) is 41.2 Å². The normalized spacial score (nSPS) is 16.2. The Bertz CT molecular complexity index is 694. The number of aromatic nitrogens is 3. The van der Waals surface area contributed by atoms with Gasteiger partial charge in [-0.3, -0.25) is 4.79 Å². The predicted molar refractivity (Wildman–Crippen MR) is 93.6 cm³/mol. The molecule has 0 atom stereocenters. The Labute approximate surface area is 146 Å². The molecule has 0 aliphatic carbocycles. The molecule has 1 saturated heterocycles. The minimum atomic E-state index is -0.178. The van der Waals surface area contributed by atoms with Gasteiger partial charge in [-0.25, -0.2) is 4.68 Å². The number of carbonyl (C=O) groups is 1. The van der Waals surface area contributed by atoms with Crippen LogP contribution in [0.3, 0.4) is 0 Å². The van der Waals surface area contributed by atoms with E-state index in [0.717, 1.165) is 32.5 Å². The second-order valence-corrected chi connectivity index (χ2v) is 6.50. The molecule has 2 aromatic rings. The standard InChI is InChI=1S/C17H22ClN5O/c1-2-9-22-10-7-13(8-11-22)19-17(24)15-12-23(21-20-15)16-6-4-3-5-14(16)18/h3-6,12-13H,2,7-11H2,1H3,(H,19,24). The van der Waals surface area contributed by atoms with Crippen molar-refractivity contribution < 1.29 is 4.79 Å². The van der Waals surface area contributed by atoms with Crippen molar-refractivity contribution in [2.75, 3.05) is 19.6 Å². The Kier molecular flexibility index (Phi) is 5.48. The van der Waals surface area contributed by atoms with Gasteiger partial charge in [0.25, 0.3) is 5.91 Å². The minimum absolute atomic E-state index is 0.178. The highest BCUT2D eigenvalue weighted by Crippen LogP contribution is 2.19. The average Bonchev–Trinajstić information content (AvgIpc) is 3.07. The number of nitrogens with one attached hydrogen (secondary N) is 1. The van der Waals surface area contributed by atoms with Gasteiger partial charge in [-0.05, 0) is 37.9 Å². The van der Waals surface area contributed by atoms with E-state index in [1.165, 1.54) is 11.1 Å². The summed E-state index contributed by atoms with van der Waals surface area (Å²) in [6.45, 7) is 5.39. The number of likely N-dealkylation sites (tertiary alicyclic amines) is 1. The lowest BCUT2D eigenvalue weighted by Gasteiger charge is -2.31. The van der Waals surface area contributed by atoms with Crippen molar-refractivity contribution in [3.63, 3.8) is 0 Å². The number of halogens is 1. The first kappa shape index (κ1) is 16.9. The van der Waals surface area contributed by atoms with Crippen LogP contribution in [0.2, 0.25) is 5.02 Å². The lowest BCUT2D eigenvalue weighted by Crippen LogP contribution is -2.44. The molecule has 3 rings (SSSR count). The van der Waals surface area contributed by atoms with Crippen LogP contribution in [0, 0.1) is 0 Å². The van der Waals surface area contributed by atoms with Gasteiger partial charge in [0.05, 0.1) is 16.9 Å². The van der Waals surface area contributed by atoms with Crippen LogP contribution >= 0.6 is 11.6 Å². The fourth-order valence-corrected chi connectivity index (χ4v) is 3.22. The maximum atomic E-state index is 12.4. The molecular weight excluding hydrogens is 326 g/mol. The highest BCUT2D eigenvalue weighted by Gasteiger charge is 2.22. The number of hydrogen-bond donors (Lipinski definition) is 1. The molecule has 1 N–H and O–H groups in total. The van der Waals surface area contributed by atoms with Gasteiger partial charge >= 0.3 is 0 Å². The zero-order valence-corrected chi connectivity index (χ0v) is 14.5. The summed E-state index contributed by atoms with van der Waals surface area (Å²) in [6.07, 6.45) is 4.74. The highest BCUT2D eigenvalue weighted by atomic mass is 35.5. The molecule has 1 fully saturated rings. The molecule has 1 aliphatic rings. The highest BCUT2D eigenvalue weighted by molar-refractivity contribution is 6.32. The summed E-state index contributed by atoms with van der Waals surface area (Å²) in [7, 11) is 0. The van der Waals surface area contributed by atoms with Gasteiger partial charge in [0.2, 0.25) is 0 Å². The smallest absolute Gasteiger partial charge is 0.273 e. The van der Waals surface area contributed by atoms with Crippen molar-refractivity contribution in [3.8, 4) is 5.69 Å². The Morgan fingerprint density at radius 1 is 1.33 bits per heavy atom. The fraction of sp³-hybridized carbons (Fsp3) is 0.471. The van der Waals surface area contributed by atoms with Crippen molar-refractivity contribution in [2.45, 2.75) is 32.2 Å². The second-order valence-electron chi connectivity index (χ2n) is 6.09. The lowest BCUT2D eigenvalue weighted by molar-refractivity contribution is 0.0906. The van der Waals surface area contributed by atoms with Crippen LogP contribution in [-0.4, -0.2) is 51.5 Å². The number of benzene rings is 1. The monoisotopic (exact) mass is 347 g/mol. The Balaban J connectivity index is 1.60. The van der Waals surface area contributed by atoms with Crippen LogP contribution in [0.5, 0.6) is 0 Å². The molecule has 0 unspecified atom stereocenters. The molecule has 128 valence electrons. The first-order valence-electron chi connectivity index (χ1n) is 8.38. The number of para-hydroxylation sites is 1. The predicted octanol–water partition coefficient (Wildman–Crippen LogP) is 2.52. The molecule has 0 bridgehead atoms. The quantitative estimate of drug-likeness (QED) is 0.902. The van der Waals surface area contributed by atoms with E-state index in [-0.39, 0.29) is 11.9 Å². The zero-order valence-electron chi connectivity index (χ0n) is 13.8. The molecule has 7 heteroatoms. The van der Waals surface area contributed by atoms with E-state index < -0.39 is 0 Å². The van der Waals surface area contributed by atoms with Gasteiger partial charge < -0.3 is 10.2 Å². The third kappa shape index (κ3) is 3.94.